The highest BCUT2D eigenvalue weighted by atomic mass is 16.5. The third-order valence-corrected chi connectivity index (χ3v) is 7.13. The van der Waals surface area contributed by atoms with E-state index in [2.05, 4.69) is 10.00 Å². The molecule has 1 unspecified atom stereocenters. The fourth-order valence-corrected chi connectivity index (χ4v) is 5.74. The first kappa shape index (κ1) is 21.2. The molecule has 2 saturated heterocycles. The van der Waals surface area contributed by atoms with E-state index >= 15 is 0 Å². The molecule has 4 heterocycles. The minimum atomic E-state index is -0.548. The van der Waals surface area contributed by atoms with Crippen LogP contribution >= 0.6 is 0 Å². The molecule has 3 aliphatic heterocycles. The van der Waals surface area contributed by atoms with E-state index in [0.29, 0.717) is 45.0 Å². The molecule has 5 rings (SSSR count). The van der Waals surface area contributed by atoms with E-state index in [1.165, 1.54) is 0 Å². The van der Waals surface area contributed by atoms with Gasteiger partial charge >= 0.3 is 0 Å². The van der Waals surface area contributed by atoms with Gasteiger partial charge in [-0.05, 0) is 31.5 Å². The van der Waals surface area contributed by atoms with Crippen LogP contribution in [0, 0.1) is 0 Å². The molecular weight excluding hydrogens is 406 g/mol. The lowest BCUT2D eigenvalue weighted by molar-refractivity contribution is -0.148. The van der Waals surface area contributed by atoms with Crippen molar-refractivity contribution in [2.75, 3.05) is 39.4 Å². The number of carbonyl (C=O) groups is 2. The van der Waals surface area contributed by atoms with Gasteiger partial charge in [0.15, 0.2) is 0 Å². The summed E-state index contributed by atoms with van der Waals surface area (Å²) in [7, 11) is 1.94. The monoisotopic (exact) mass is 437 g/mol. The predicted molar refractivity (Wildman–Crippen MR) is 119 cm³/mol. The number of aryl methyl sites for hydroxylation is 1. The Kier molecular flexibility index (Phi) is 5.29. The Morgan fingerprint density at radius 2 is 1.91 bits per heavy atom. The Morgan fingerprint density at radius 1 is 1.19 bits per heavy atom. The van der Waals surface area contributed by atoms with Gasteiger partial charge in [-0.15, -0.1) is 0 Å². The lowest BCUT2D eigenvalue weighted by Crippen LogP contribution is -2.77. The summed E-state index contributed by atoms with van der Waals surface area (Å²) >= 11 is 0. The molecule has 1 spiro atoms. The Balaban J connectivity index is 1.54. The van der Waals surface area contributed by atoms with Crippen molar-refractivity contribution < 1.29 is 14.3 Å². The van der Waals surface area contributed by atoms with Crippen molar-refractivity contribution in [2.45, 2.75) is 37.9 Å². The normalized spacial score (nSPS) is 22.9. The Morgan fingerprint density at radius 3 is 2.56 bits per heavy atom. The van der Waals surface area contributed by atoms with E-state index in [9.17, 15) is 9.59 Å². The second kappa shape index (κ2) is 8.01. The van der Waals surface area contributed by atoms with E-state index in [0.717, 1.165) is 17.8 Å². The molecule has 2 amide bonds. The molecule has 1 atom stereocenters. The largest absolute Gasteiger partial charge is 0.378 e. The number of rotatable bonds is 4. The highest BCUT2D eigenvalue weighted by molar-refractivity contribution is 6.02. The summed E-state index contributed by atoms with van der Waals surface area (Å²) in [4.78, 5) is 33.8. The molecule has 3 aliphatic rings. The minimum absolute atomic E-state index is 0.00491. The van der Waals surface area contributed by atoms with Gasteiger partial charge in [-0.1, -0.05) is 18.2 Å². The summed E-state index contributed by atoms with van der Waals surface area (Å²) in [6, 6.07) is 9.68. The predicted octanol–water partition coefficient (Wildman–Crippen LogP) is 1.48. The van der Waals surface area contributed by atoms with Crippen LogP contribution in [0.5, 0.6) is 0 Å². The molecule has 8 nitrogen and oxygen atoms in total. The van der Waals surface area contributed by atoms with Gasteiger partial charge in [0.25, 0.3) is 5.91 Å². The average molecular weight is 438 g/mol. The van der Waals surface area contributed by atoms with Crippen molar-refractivity contribution in [1.29, 1.82) is 0 Å². The molecule has 2 fully saturated rings. The molecule has 0 radical (unpaired) electrons. The number of amides is 2. The van der Waals surface area contributed by atoms with Gasteiger partial charge < -0.3 is 14.5 Å². The van der Waals surface area contributed by atoms with E-state index in [1.54, 1.807) is 6.20 Å². The van der Waals surface area contributed by atoms with Crippen LogP contribution in [0.2, 0.25) is 0 Å². The van der Waals surface area contributed by atoms with Crippen LogP contribution < -0.4 is 0 Å². The molecular formula is C24H31N5O3. The average Bonchev–Trinajstić information content (AvgIpc) is 3.17. The zero-order valence-electron chi connectivity index (χ0n) is 19.0. The standard InChI is InChI=1S/C24H31N5O3/c1-17(2)29-22(30)20-7-5-4-6-19(20)21(23(31)28-10-12-32-13-11-28)24(29)15-27(16-24)14-18-8-9-25-26(18)3/h4-9,17,21H,10-16H2,1-3H3. The fraction of sp³-hybridized carbons (Fsp3) is 0.542. The van der Waals surface area contributed by atoms with Gasteiger partial charge in [-0.3, -0.25) is 19.2 Å². The summed E-state index contributed by atoms with van der Waals surface area (Å²) in [6.45, 7) is 8.50. The number of nitrogens with zero attached hydrogens (tertiary/aromatic N) is 5. The lowest BCUT2D eigenvalue weighted by Gasteiger charge is -2.62. The van der Waals surface area contributed by atoms with Crippen LogP contribution in [0.4, 0.5) is 0 Å². The molecule has 0 N–H and O–H groups in total. The Labute approximate surface area is 188 Å². The smallest absolute Gasteiger partial charge is 0.254 e. The molecule has 1 aromatic heterocycles. The van der Waals surface area contributed by atoms with Crippen LogP contribution in [0.3, 0.4) is 0 Å². The van der Waals surface area contributed by atoms with Gasteiger partial charge in [0.2, 0.25) is 5.91 Å². The van der Waals surface area contributed by atoms with Gasteiger partial charge in [-0.25, -0.2) is 0 Å². The van der Waals surface area contributed by atoms with E-state index < -0.39 is 5.54 Å². The molecule has 8 heteroatoms. The summed E-state index contributed by atoms with van der Waals surface area (Å²) in [5, 5.41) is 4.27. The van der Waals surface area contributed by atoms with Crippen molar-refractivity contribution in [3.05, 3.63) is 53.3 Å². The quantitative estimate of drug-likeness (QED) is 0.725. The maximum Gasteiger partial charge on any atom is 0.254 e. The van der Waals surface area contributed by atoms with Crippen LogP contribution in [0.25, 0.3) is 0 Å². The first-order valence-electron chi connectivity index (χ1n) is 11.4. The number of hydrogen-bond acceptors (Lipinski definition) is 5. The third kappa shape index (κ3) is 3.24. The first-order chi connectivity index (χ1) is 15.4. The summed E-state index contributed by atoms with van der Waals surface area (Å²) < 4.78 is 7.37. The van der Waals surface area contributed by atoms with Crippen molar-refractivity contribution in [3.63, 3.8) is 0 Å². The van der Waals surface area contributed by atoms with Crippen LogP contribution in [-0.4, -0.2) is 87.3 Å². The number of morpholine rings is 1. The molecule has 0 saturated carbocycles. The lowest BCUT2D eigenvalue weighted by atomic mass is 9.67. The van der Waals surface area contributed by atoms with Crippen LogP contribution in [0.1, 0.15) is 41.4 Å². The topological polar surface area (TPSA) is 70.9 Å². The second-order valence-electron chi connectivity index (χ2n) is 9.42. The number of ether oxygens (including phenoxy) is 1. The zero-order chi connectivity index (χ0) is 22.5. The van der Waals surface area contributed by atoms with Crippen molar-refractivity contribution in [1.82, 2.24) is 24.5 Å². The maximum atomic E-state index is 14.0. The number of benzene rings is 1. The third-order valence-electron chi connectivity index (χ3n) is 7.13. The summed E-state index contributed by atoms with van der Waals surface area (Å²) in [5.74, 6) is -0.236. The molecule has 0 bridgehead atoms. The van der Waals surface area contributed by atoms with Gasteiger partial charge in [-0.2, -0.15) is 5.10 Å². The Bertz CT molecular complexity index is 1020. The SMILES string of the molecule is CC(C)N1C(=O)c2ccccc2C(C(=O)N2CCOCC2)C12CN(Cc1ccnn1C)C2. The number of fused-ring (bicyclic) bond motifs is 1. The van der Waals surface area contributed by atoms with E-state index in [1.807, 2.05) is 65.7 Å². The highest BCUT2D eigenvalue weighted by Gasteiger charge is 2.61. The fourth-order valence-electron chi connectivity index (χ4n) is 5.74. The van der Waals surface area contributed by atoms with Crippen LogP contribution in [-0.2, 0) is 23.1 Å². The van der Waals surface area contributed by atoms with Crippen molar-refractivity contribution >= 4 is 11.8 Å². The maximum absolute atomic E-state index is 14.0. The minimum Gasteiger partial charge on any atom is -0.378 e. The van der Waals surface area contributed by atoms with Crippen molar-refractivity contribution in [2.24, 2.45) is 7.05 Å². The molecule has 32 heavy (non-hydrogen) atoms. The van der Waals surface area contributed by atoms with Gasteiger partial charge in [0.1, 0.15) is 0 Å². The summed E-state index contributed by atoms with van der Waals surface area (Å²) in [6.07, 6.45) is 1.80. The highest BCUT2D eigenvalue weighted by Crippen LogP contribution is 2.48. The first-order valence-corrected chi connectivity index (χ1v) is 11.4. The molecule has 1 aromatic carbocycles. The molecule has 0 aliphatic carbocycles. The number of aromatic nitrogens is 2. The number of hydrogen-bond donors (Lipinski definition) is 0. The number of carbonyl (C=O) groups excluding carboxylic acids is 2. The van der Waals surface area contributed by atoms with E-state index in [4.69, 9.17) is 4.74 Å². The zero-order valence-corrected chi connectivity index (χ0v) is 19.0. The van der Waals surface area contributed by atoms with Gasteiger partial charge in [0, 0.05) is 57.6 Å². The van der Waals surface area contributed by atoms with Crippen LogP contribution in [0.15, 0.2) is 36.5 Å². The summed E-state index contributed by atoms with van der Waals surface area (Å²) in [5.41, 5.74) is 2.09. The second-order valence-corrected chi connectivity index (χ2v) is 9.42. The van der Waals surface area contributed by atoms with Crippen molar-refractivity contribution in [3.8, 4) is 0 Å². The number of likely N-dealkylation sites (tertiary alicyclic amines) is 1. The molecule has 170 valence electrons. The van der Waals surface area contributed by atoms with E-state index in [-0.39, 0.29) is 23.8 Å². The molecule has 2 aromatic rings. The van der Waals surface area contributed by atoms with Gasteiger partial charge in [0.05, 0.1) is 30.4 Å². The Hall–Kier alpha value is -2.71.